The molecule has 1 saturated heterocycles. The van der Waals surface area contributed by atoms with Gasteiger partial charge >= 0.3 is 12.4 Å². The van der Waals surface area contributed by atoms with Gasteiger partial charge in [-0.05, 0) is 31.9 Å². The van der Waals surface area contributed by atoms with Crippen LogP contribution in [-0.4, -0.2) is 49.1 Å². The van der Waals surface area contributed by atoms with Crippen molar-refractivity contribution in [2.45, 2.75) is 38.8 Å². The average molecular weight is 346 g/mol. The number of benzene rings is 1. The summed E-state index contributed by atoms with van der Waals surface area (Å²) in [6.07, 6.45) is -4.55. The summed E-state index contributed by atoms with van der Waals surface area (Å²) < 4.78 is 46.6. The van der Waals surface area contributed by atoms with E-state index in [0.717, 1.165) is 0 Å². The van der Waals surface area contributed by atoms with Crippen LogP contribution in [0.15, 0.2) is 24.3 Å². The van der Waals surface area contributed by atoms with Crippen molar-refractivity contribution in [3.05, 3.63) is 29.8 Å². The molecule has 1 aromatic carbocycles. The number of nitrogens with one attached hydrogen (secondary N) is 1. The molecular formula is C16H21F3N2O3. The molecular weight excluding hydrogens is 325 g/mol. The Morgan fingerprint density at radius 3 is 2.79 bits per heavy atom. The molecule has 1 aliphatic heterocycles. The second kappa shape index (κ2) is 7.74. The molecule has 2 atom stereocenters. The first-order valence-electron chi connectivity index (χ1n) is 7.77. The largest absolute Gasteiger partial charge is 0.573 e. The molecule has 0 aromatic heterocycles. The number of hydrogen-bond donors (Lipinski definition) is 1. The lowest BCUT2D eigenvalue weighted by molar-refractivity contribution is -0.274. The highest BCUT2D eigenvalue weighted by atomic mass is 19.4. The first-order chi connectivity index (χ1) is 11.3. The van der Waals surface area contributed by atoms with Crippen LogP contribution in [-0.2, 0) is 11.2 Å². The van der Waals surface area contributed by atoms with E-state index in [2.05, 4.69) is 10.1 Å². The molecule has 24 heavy (non-hydrogen) atoms. The molecule has 2 rings (SSSR count). The van der Waals surface area contributed by atoms with Crippen molar-refractivity contribution in [1.82, 2.24) is 10.2 Å². The van der Waals surface area contributed by atoms with E-state index in [9.17, 15) is 18.0 Å². The Morgan fingerprint density at radius 1 is 1.38 bits per heavy atom. The fraction of sp³-hybridized carbons (Fsp3) is 0.562. The summed E-state index contributed by atoms with van der Waals surface area (Å²) in [5.41, 5.74) is 0.388. The van der Waals surface area contributed by atoms with Gasteiger partial charge < -0.3 is 19.7 Å². The molecule has 5 nitrogen and oxygen atoms in total. The Kier molecular flexibility index (Phi) is 5.93. The summed E-state index contributed by atoms with van der Waals surface area (Å²) in [6.45, 7) is 4.98. The van der Waals surface area contributed by atoms with Crippen molar-refractivity contribution in [3.63, 3.8) is 0 Å². The van der Waals surface area contributed by atoms with Gasteiger partial charge in [0.25, 0.3) is 0 Å². The fourth-order valence-electron chi connectivity index (χ4n) is 2.56. The third-order valence-corrected chi connectivity index (χ3v) is 4.01. The molecule has 1 fully saturated rings. The predicted molar refractivity (Wildman–Crippen MR) is 81.8 cm³/mol. The molecule has 2 amide bonds. The lowest BCUT2D eigenvalue weighted by Crippen LogP contribution is -2.54. The molecule has 0 saturated carbocycles. The van der Waals surface area contributed by atoms with Crippen LogP contribution in [0.3, 0.4) is 0 Å². The van der Waals surface area contributed by atoms with Crippen LogP contribution in [0.4, 0.5) is 18.0 Å². The van der Waals surface area contributed by atoms with Gasteiger partial charge in [-0.2, -0.15) is 0 Å². The number of urea groups is 1. The number of para-hydroxylation sites is 1. The van der Waals surface area contributed by atoms with E-state index >= 15 is 0 Å². The zero-order valence-corrected chi connectivity index (χ0v) is 13.6. The number of ether oxygens (including phenoxy) is 2. The van der Waals surface area contributed by atoms with Gasteiger partial charge in [0.05, 0.1) is 18.8 Å². The summed E-state index contributed by atoms with van der Waals surface area (Å²) in [4.78, 5) is 13.9. The minimum absolute atomic E-state index is 0.0505. The highest BCUT2D eigenvalue weighted by molar-refractivity contribution is 5.74. The van der Waals surface area contributed by atoms with Crippen molar-refractivity contribution in [1.29, 1.82) is 0 Å². The number of amides is 2. The average Bonchev–Trinajstić information content (AvgIpc) is 2.50. The number of nitrogens with zero attached hydrogens (tertiary/aromatic N) is 1. The summed E-state index contributed by atoms with van der Waals surface area (Å²) in [5.74, 6) is -0.243. The van der Waals surface area contributed by atoms with Gasteiger partial charge in [-0.15, -0.1) is 13.2 Å². The summed E-state index contributed by atoms with van der Waals surface area (Å²) >= 11 is 0. The molecule has 1 aliphatic rings. The molecule has 0 bridgehead atoms. The van der Waals surface area contributed by atoms with E-state index < -0.39 is 6.36 Å². The van der Waals surface area contributed by atoms with Crippen LogP contribution in [0.1, 0.15) is 19.4 Å². The van der Waals surface area contributed by atoms with E-state index in [-0.39, 0.29) is 36.9 Å². The Morgan fingerprint density at radius 2 is 2.08 bits per heavy atom. The SMILES string of the molecule is CC1OCCN(C(=O)NCCc2ccccc2OC(F)(F)F)C1C. The Labute approximate surface area is 138 Å². The molecule has 1 aromatic rings. The van der Waals surface area contributed by atoms with Gasteiger partial charge in [0.15, 0.2) is 0 Å². The Hall–Kier alpha value is -1.96. The maximum Gasteiger partial charge on any atom is 0.573 e. The molecule has 1 heterocycles. The van der Waals surface area contributed by atoms with Gasteiger partial charge in [0.2, 0.25) is 0 Å². The number of alkyl halides is 3. The fourth-order valence-corrected chi connectivity index (χ4v) is 2.56. The van der Waals surface area contributed by atoms with Crippen LogP contribution in [0.2, 0.25) is 0 Å². The molecule has 134 valence electrons. The van der Waals surface area contributed by atoms with Crippen LogP contribution < -0.4 is 10.1 Å². The first-order valence-corrected chi connectivity index (χ1v) is 7.77. The predicted octanol–water partition coefficient (Wildman–Crippen LogP) is 2.95. The van der Waals surface area contributed by atoms with E-state index in [1.807, 2.05) is 13.8 Å². The minimum atomic E-state index is -4.74. The highest BCUT2D eigenvalue weighted by Crippen LogP contribution is 2.26. The second-order valence-electron chi connectivity index (χ2n) is 5.65. The van der Waals surface area contributed by atoms with Crippen LogP contribution in [0.5, 0.6) is 5.75 Å². The standard InChI is InChI=1S/C16H21F3N2O3/c1-11-12(2)23-10-9-21(11)15(22)20-8-7-13-5-3-4-6-14(13)24-16(17,18)19/h3-6,11-12H,7-10H2,1-2H3,(H,20,22). The van der Waals surface area contributed by atoms with Crippen LogP contribution >= 0.6 is 0 Å². The zero-order valence-electron chi connectivity index (χ0n) is 13.6. The molecule has 0 radical (unpaired) electrons. The third-order valence-electron chi connectivity index (χ3n) is 4.01. The van der Waals surface area contributed by atoms with Crippen molar-refractivity contribution in [2.75, 3.05) is 19.7 Å². The number of carbonyl (C=O) groups excluding carboxylic acids is 1. The number of carbonyl (C=O) groups is 1. The quantitative estimate of drug-likeness (QED) is 0.912. The van der Waals surface area contributed by atoms with Gasteiger partial charge in [-0.3, -0.25) is 0 Å². The molecule has 8 heteroatoms. The third kappa shape index (κ3) is 5.02. The van der Waals surface area contributed by atoms with Crippen molar-refractivity contribution >= 4 is 6.03 Å². The van der Waals surface area contributed by atoms with Crippen LogP contribution in [0, 0.1) is 0 Å². The van der Waals surface area contributed by atoms with Crippen LogP contribution in [0.25, 0.3) is 0 Å². The number of rotatable bonds is 4. The first kappa shape index (κ1) is 18.4. The second-order valence-corrected chi connectivity index (χ2v) is 5.65. The van der Waals surface area contributed by atoms with E-state index in [0.29, 0.717) is 18.7 Å². The molecule has 1 N–H and O–H groups in total. The van der Waals surface area contributed by atoms with E-state index in [1.165, 1.54) is 12.1 Å². The lowest BCUT2D eigenvalue weighted by Gasteiger charge is -2.37. The monoisotopic (exact) mass is 346 g/mol. The zero-order chi connectivity index (χ0) is 17.7. The molecule has 0 spiro atoms. The smallest absolute Gasteiger partial charge is 0.406 e. The van der Waals surface area contributed by atoms with Crippen molar-refractivity contribution in [3.8, 4) is 5.75 Å². The summed E-state index contributed by atoms with van der Waals surface area (Å²) in [6, 6.07) is 5.61. The number of hydrogen-bond acceptors (Lipinski definition) is 3. The Balaban J connectivity index is 1.89. The summed E-state index contributed by atoms with van der Waals surface area (Å²) in [7, 11) is 0. The van der Waals surface area contributed by atoms with Gasteiger partial charge in [0.1, 0.15) is 5.75 Å². The van der Waals surface area contributed by atoms with E-state index in [1.54, 1.807) is 17.0 Å². The highest BCUT2D eigenvalue weighted by Gasteiger charge is 2.32. The van der Waals surface area contributed by atoms with Gasteiger partial charge in [-0.25, -0.2) is 4.79 Å². The topological polar surface area (TPSA) is 50.8 Å². The van der Waals surface area contributed by atoms with Gasteiger partial charge in [0, 0.05) is 13.1 Å². The maximum absolute atomic E-state index is 12.4. The normalized spacial score (nSPS) is 21.5. The number of halogens is 3. The molecule has 0 aliphatic carbocycles. The van der Waals surface area contributed by atoms with Gasteiger partial charge in [-0.1, -0.05) is 18.2 Å². The lowest BCUT2D eigenvalue weighted by atomic mass is 10.1. The minimum Gasteiger partial charge on any atom is -0.406 e. The maximum atomic E-state index is 12.4. The number of morpholine rings is 1. The summed E-state index contributed by atoms with van der Waals surface area (Å²) in [5, 5.41) is 2.74. The van der Waals surface area contributed by atoms with Crippen molar-refractivity contribution < 1.29 is 27.4 Å². The molecule has 2 unspecified atom stereocenters. The van der Waals surface area contributed by atoms with E-state index in [4.69, 9.17) is 4.74 Å². The Bertz CT molecular complexity index is 566. The van der Waals surface area contributed by atoms with Crippen molar-refractivity contribution in [2.24, 2.45) is 0 Å².